The summed E-state index contributed by atoms with van der Waals surface area (Å²) in [6, 6.07) is 8.39. The van der Waals surface area contributed by atoms with Crippen LogP contribution in [-0.2, 0) is 12.8 Å². The average molecular weight is 222 g/mol. The van der Waals surface area contributed by atoms with Crippen LogP contribution in [0.4, 0.5) is 0 Å². The summed E-state index contributed by atoms with van der Waals surface area (Å²) in [4.78, 5) is 3.51. The van der Waals surface area contributed by atoms with Crippen LogP contribution < -0.4 is 0 Å². The third kappa shape index (κ3) is 1.74. The maximum Gasteiger partial charge on any atom is 0.0912 e. The van der Waals surface area contributed by atoms with Gasteiger partial charge in [-0.15, -0.1) is 0 Å². The lowest BCUT2D eigenvalue weighted by Crippen LogP contribution is -1.99. The lowest BCUT2D eigenvalue weighted by Gasteiger charge is -2.10. The lowest BCUT2D eigenvalue weighted by molar-refractivity contribution is 0.680. The maximum absolute atomic E-state index is 8.55. The summed E-state index contributed by atoms with van der Waals surface area (Å²) in [5.41, 5.74) is 5.23. The Hall–Kier alpha value is -2.01. The number of benzene rings is 1. The quantitative estimate of drug-likeness (QED) is 0.736. The van der Waals surface area contributed by atoms with Gasteiger partial charge in [0.25, 0.3) is 0 Å². The number of aromatic nitrogens is 1. The largest absolute Gasteiger partial charge is 0.358 e. The van der Waals surface area contributed by atoms with Gasteiger partial charge in [0.15, 0.2) is 0 Å². The molecule has 0 bridgehead atoms. The smallest absolute Gasteiger partial charge is 0.0912 e. The van der Waals surface area contributed by atoms with Crippen LogP contribution in [0, 0.1) is 11.3 Å². The minimum atomic E-state index is 1.10. The second-order valence-corrected chi connectivity index (χ2v) is 4.56. The molecular formula is C15H14N2. The fourth-order valence-corrected chi connectivity index (χ4v) is 2.66. The summed E-state index contributed by atoms with van der Waals surface area (Å²) < 4.78 is 0. The third-order valence-corrected chi connectivity index (χ3v) is 3.47. The first kappa shape index (κ1) is 10.2. The number of hydrogen-bond donors (Lipinski definition) is 1. The Morgan fingerprint density at radius 2 is 2.12 bits per heavy atom. The molecule has 17 heavy (non-hydrogen) atoms. The van der Waals surface area contributed by atoms with E-state index in [-0.39, 0.29) is 0 Å². The molecule has 0 aliphatic heterocycles. The predicted octanol–water partition coefficient (Wildman–Crippen LogP) is 3.58. The van der Waals surface area contributed by atoms with Crippen LogP contribution in [0.1, 0.15) is 29.7 Å². The van der Waals surface area contributed by atoms with E-state index in [4.69, 9.17) is 5.26 Å². The molecule has 0 saturated carbocycles. The van der Waals surface area contributed by atoms with Crippen molar-refractivity contribution in [2.45, 2.75) is 25.7 Å². The van der Waals surface area contributed by atoms with Crippen LogP contribution >= 0.6 is 0 Å². The molecule has 1 N–H and O–H groups in total. The summed E-state index contributed by atoms with van der Waals surface area (Å²) in [6.45, 7) is 0. The topological polar surface area (TPSA) is 39.6 Å². The molecule has 0 atom stereocenters. The van der Waals surface area contributed by atoms with E-state index in [1.165, 1.54) is 53.9 Å². The fraction of sp³-hybridized carbons (Fsp3) is 0.267. The molecule has 0 unspecified atom stereocenters. The summed E-state index contributed by atoms with van der Waals surface area (Å²) in [6.07, 6.45) is 8.33. The molecule has 0 amide bonds. The summed E-state index contributed by atoms with van der Waals surface area (Å²) in [5.74, 6) is 0. The molecule has 1 aliphatic rings. The van der Waals surface area contributed by atoms with Crippen molar-refractivity contribution in [2.75, 3.05) is 0 Å². The van der Waals surface area contributed by atoms with Gasteiger partial charge in [0.2, 0.25) is 0 Å². The first-order chi connectivity index (χ1) is 8.38. The zero-order valence-electron chi connectivity index (χ0n) is 9.66. The van der Waals surface area contributed by atoms with Crippen molar-refractivity contribution in [3.63, 3.8) is 0 Å². The van der Waals surface area contributed by atoms with Crippen LogP contribution in [0.3, 0.4) is 0 Å². The van der Waals surface area contributed by atoms with Crippen LogP contribution in [0.25, 0.3) is 17.0 Å². The Bertz CT molecular complexity index is 626. The van der Waals surface area contributed by atoms with Gasteiger partial charge < -0.3 is 4.98 Å². The molecule has 0 spiro atoms. The summed E-state index contributed by atoms with van der Waals surface area (Å²) >= 11 is 0. The van der Waals surface area contributed by atoms with Crippen LogP contribution in [-0.4, -0.2) is 4.98 Å². The molecule has 2 heteroatoms. The molecule has 0 saturated heterocycles. The Morgan fingerprint density at radius 1 is 1.24 bits per heavy atom. The van der Waals surface area contributed by atoms with Crippen LogP contribution in [0.15, 0.2) is 24.3 Å². The number of hydrogen-bond acceptors (Lipinski definition) is 1. The molecule has 1 aromatic heterocycles. The number of H-pyrrole nitrogens is 1. The lowest BCUT2D eigenvalue weighted by atomic mass is 9.95. The number of allylic oxidation sites excluding steroid dienone is 1. The monoisotopic (exact) mass is 222 g/mol. The highest BCUT2D eigenvalue weighted by atomic mass is 14.7. The van der Waals surface area contributed by atoms with Gasteiger partial charge in [0.05, 0.1) is 6.07 Å². The number of rotatable bonds is 1. The molecule has 1 aliphatic carbocycles. The molecule has 84 valence electrons. The molecule has 0 radical (unpaired) electrons. The Kier molecular flexibility index (Phi) is 2.45. The van der Waals surface area contributed by atoms with Gasteiger partial charge in [-0.25, -0.2) is 0 Å². The van der Waals surface area contributed by atoms with Crippen molar-refractivity contribution < 1.29 is 0 Å². The first-order valence-electron chi connectivity index (χ1n) is 6.08. The zero-order valence-corrected chi connectivity index (χ0v) is 9.66. The highest BCUT2D eigenvalue weighted by Crippen LogP contribution is 2.29. The predicted molar refractivity (Wildman–Crippen MR) is 69.6 cm³/mol. The summed E-state index contributed by atoms with van der Waals surface area (Å²) in [7, 11) is 0. The van der Waals surface area contributed by atoms with Crippen LogP contribution in [0.2, 0.25) is 0 Å². The molecule has 2 aromatic rings. The minimum Gasteiger partial charge on any atom is -0.358 e. The summed E-state index contributed by atoms with van der Waals surface area (Å²) in [5, 5.41) is 9.88. The number of aryl methyl sites for hydroxylation is 2. The van der Waals surface area contributed by atoms with E-state index in [0.29, 0.717) is 0 Å². The second kappa shape index (κ2) is 4.10. The molecule has 0 fully saturated rings. The van der Waals surface area contributed by atoms with Crippen molar-refractivity contribution in [2.24, 2.45) is 0 Å². The zero-order chi connectivity index (χ0) is 11.7. The highest BCUT2D eigenvalue weighted by Gasteiger charge is 2.14. The van der Waals surface area contributed by atoms with E-state index in [1.54, 1.807) is 0 Å². The number of aromatic amines is 1. The Balaban J connectivity index is 2.15. The number of nitrogens with one attached hydrogen (secondary N) is 1. The molecule has 2 nitrogen and oxygen atoms in total. The fourth-order valence-electron chi connectivity index (χ4n) is 2.66. The van der Waals surface area contributed by atoms with E-state index in [2.05, 4.69) is 23.2 Å². The van der Waals surface area contributed by atoms with E-state index in [1.807, 2.05) is 12.1 Å². The SMILES string of the molecule is N#CC=Cc1ccc2[nH]c3c(c2c1)CCCC3. The average Bonchev–Trinajstić information content (AvgIpc) is 2.74. The first-order valence-corrected chi connectivity index (χ1v) is 6.08. The normalized spacial score (nSPS) is 15.0. The molecule has 1 heterocycles. The van der Waals surface area contributed by atoms with Gasteiger partial charge in [-0.2, -0.15) is 5.26 Å². The number of fused-ring (bicyclic) bond motifs is 3. The van der Waals surface area contributed by atoms with Gasteiger partial charge in [-0.05, 0) is 55.0 Å². The Morgan fingerprint density at radius 3 is 3.00 bits per heavy atom. The van der Waals surface area contributed by atoms with Gasteiger partial charge in [0.1, 0.15) is 0 Å². The number of nitrogens with zero attached hydrogens (tertiary/aromatic N) is 1. The van der Waals surface area contributed by atoms with Crippen molar-refractivity contribution >= 4 is 17.0 Å². The van der Waals surface area contributed by atoms with Crippen molar-refractivity contribution in [1.82, 2.24) is 4.98 Å². The minimum absolute atomic E-state index is 1.10. The van der Waals surface area contributed by atoms with Gasteiger partial charge in [-0.3, -0.25) is 0 Å². The standard InChI is InChI=1S/C15H14N2/c16-9-3-4-11-7-8-15-13(10-11)12-5-1-2-6-14(12)17-15/h3-4,7-8,10,17H,1-2,5-6H2. The van der Waals surface area contributed by atoms with E-state index in [9.17, 15) is 0 Å². The van der Waals surface area contributed by atoms with Gasteiger partial charge in [-0.1, -0.05) is 6.07 Å². The number of nitriles is 1. The van der Waals surface area contributed by atoms with E-state index in [0.717, 1.165) is 5.56 Å². The third-order valence-electron chi connectivity index (χ3n) is 3.47. The second-order valence-electron chi connectivity index (χ2n) is 4.56. The van der Waals surface area contributed by atoms with Crippen LogP contribution in [0.5, 0.6) is 0 Å². The van der Waals surface area contributed by atoms with E-state index < -0.39 is 0 Å². The van der Waals surface area contributed by atoms with E-state index >= 15 is 0 Å². The molecule has 1 aromatic carbocycles. The van der Waals surface area contributed by atoms with Gasteiger partial charge >= 0.3 is 0 Å². The van der Waals surface area contributed by atoms with Crippen molar-refractivity contribution in [3.05, 3.63) is 41.1 Å². The van der Waals surface area contributed by atoms with Crippen molar-refractivity contribution in [1.29, 1.82) is 5.26 Å². The molecule has 3 rings (SSSR count). The highest BCUT2D eigenvalue weighted by molar-refractivity contribution is 5.87. The molecular weight excluding hydrogens is 208 g/mol. The maximum atomic E-state index is 8.55. The van der Waals surface area contributed by atoms with Crippen molar-refractivity contribution in [3.8, 4) is 6.07 Å². The Labute approximate surface area is 101 Å². The van der Waals surface area contributed by atoms with Gasteiger partial charge in [0, 0.05) is 22.7 Å².